The van der Waals surface area contributed by atoms with Crippen LogP contribution in [0.1, 0.15) is 24.0 Å². The normalized spacial score (nSPS) is 16.2. The second-order valence-electron chi connectivity index (χ2n) is 6.97. The second kappa shape index (κ2) is 8.62. The first kappa shape index (κ1) is 20.8. The minimum atomic E-state index is -3.57. The van der Waals surface area contributed by atoms with Gasteiger partial charge in [-0.1, -0.05) is 17.7 Å². The van der Waals surface area contributed by atoms with Gasteiger partial charge in [0.15, 0.2) is 0 Å². The van der Waals surface area contributed by atoms with Gasteiger partial charge in [0.25, 0.3) is 0 Å². The molecule has 1 aliphatic heterocycles. The standard InChI is InChI=1S/C20H23N3O5S/c1-14-2-6-18(7-3-14)29(27,28)23-10-8-15(9-11-23)20(26)22-21-13-16-4-5-17(24)12-19(16)25/h2-7,12-13,15,24-25H,8-11H2,1H3,(H,22,26)/b21-13-. The van der Waals surface area contributed by atoms with E-state index in [1.54, 1.807) is 24.3 Å². The molecule has 9 heteroatoms. The van der Waals surface area contributed by atoms with E-state index >= 15 is 0 Å². The number of hydrogen-bond acceptors (Lipinski definition) is 6. The van der Waals surface area contributed by atoms with E-state index in [1.165, 1.54) is 28.7 Å². The van der Waals surface area contributed by atoms with Crippen LogP contribution in [0.4, 0.5) is 0 Å². The van der Waals surface area contributed by atoms with Gasteiger partial charge in [0.1, 0.15) is 11.5 Å². The molecule has 0 spiro atoms. The highest BCUT2D eigenvalue weighted by atomic mass is 32.2. The highest BCUT2D eigenvalue weighted by Gasteiger charge is 2.32. The van der Waals surface area contributed by atoms with Gasteiger partial charge in [0.2, 0.25) is 15.9 Å². The number of carbonyl (C=O) groups is 1. The molecule has 0 aromatic heterocycles. The van der Waals surface area contributed by atoms with E-state index in [0.29, 0.717) is 18.4 Å². The maximum atomic E-state index is 12.7. The molecular formula is C20H23N3O5S. The van der Waals surface area contributed by atoms with E-state index in [9.17, 15) is 23.4 Å². The van der Waals surface area contributed by atoms with Crippen molar-refractivity contribution in [1.82, 2.24) is 9.73 Å². The molecule has 0 bridgehead atoms. The van der Waals surface area contributed by atoms with Crippen molar-refractivity contribution in [3.8, 4) is 11.5 Å². The van der Waals surface area contributed by atoms with Gasteiger partial charge in [0.05, 0.1) is 11.1 Å². The molecule has 154 valence electrons. The van der Waals surface area contributed by atoms with Crippen LogP contribution in [0.3, 0.4) is 0 Å². The maximum Gasteiger partial charge on any atom is 0.243 e. The molecule has 8 nitrogen and oxygen atoms in total. The molecule has 0 saturated carbocycles. The lowest BCUT2D eigenvalue weighted by atomic mass is 9.98. The minimum Gasteiger partial charge on any atom is -0.508 e. The summed E-state index contributed by atoms with van der Waals surface area (Å²) in [5.41, 5.74) is 3.76. The van der Waals surface area contributed by atoms with E-state index in [4.69, 9.17) is 0 Å². The van der Waals surface area contributed by atoms with E-state index in [-0.39, 0.29) is 41.3 Å². The molecule has 3 N–H and O–H groups in total. The number of benzene rings is 2. The number of carbonyl (C=O) groups excluding carboxylic acids is 1. The molecule has 1 aliphatic rings. The molecule has 0 aliphatic carbocycles. The Balaban J connectivity index is 1.55. The number of phenols is 2. The van der Waals surface area contributed by atoms with Crippen LogP contribution >= 0.6 is 0 Å². The quantitative estimate of drug-likeness (QED) is 0.507. The van der Waals surface area contributed by atoms with Gasteiger partial charge in [-0.25, -0.2) is 13.8 Å². The largest absolute Gasteiger partial charge is 0.508 e. The summed E-state index contributed by atoms with van der Waals surface area (Å²) in [4.78, 5) is 12.5. The van der Waals surface area contributed by atoms with Crippen molar-refractivity contribution in [3.63, 3.8) is 0 Å². The monoisotopic (exact) mass is 417 g/mol. The van der Waals surface area contributed by atoms with Crippen molar-refractivity contribution in [3.05, 3.63) is 53.6 Å². The number of sulfonamides is 1. The predicted octanol–water partition coefficient (Wildman–Crippen LogP) is 1.96. The summed E-state index contributed by atoms with van der Waals surface area (Å²) >= 11 is 0. The Kier molecular flexibility index (Phi) is 6.19. The number of amides is 1. The Labute approximate surface area is 169 Å². The topological polar surface area (TPSA) is 119 Å². The Hall–Kier alpha value is -2.91. The Morgan fingerprint density at radius 2 is 1.79 bits per heavy atom. The summed E-state index contributed by atoms with van der Waals surface area (Å²) < 4.78 is 26.8. The van der Waals surface area contributed by atoms with Crippen LogP contribution in [0.5, 0.6) is 11.5 Å². The van der Waals surface area contributed by atoms with Gasteiger partial charge in [-0.2, -0.15) is 9.41 Å². The molecule has 29 heavy (non-hydrogen) atoms. The summed E-state index contributed by atoms with van der Waals surface area (Å²) in [6.07, 6.45) is 2.08. The molecule has 0 radical (unpaired) electrons. The first-order valence-electron chi connectivity index (χ1n) is 9.19. The Bertz CT molecular complexity index is 1010. The molecular weight excluding hydrogens is 394 g/mol. The van der Waals surface area contributed by atoms with Gasteiger partial charge in [-0.3, -0.25) is 4.79 Å². The molecule has 1 amide bonds. The van der Waals surface area contributed by atoms with Crippen LogP contribution in [0.2, 0.25) is 0 Å². The highest BCUT2D eigenvalue weighted by Crippen LogP contribution is 2.24. The molecule has 0 unspecified atom stereocenters. The lowest BCUT2D eigenvalue weighted by molar-refractivity contribution is -0.126. The predicted molar refractivity (Wildman–Crippen MR) is 108 cm³/mol. The van der Waals surface area contributed by atoms with Crippen molar-refractivity contribution in [1.29, 1.82) is 0 Å². The zero-order valence-electron chi connectivity index (χ0n) is 15.9. The fourth-order valence-electron chi connectivity index (χ4n) is 3.12. The molecule has 2 aromatic rings. The lowest BCUT2D eigenvalue weighted by Gasteiger charge is -2.30. The molecule has 1 heterocycles. The Morgan fingerprint density at radius 1 is 1.14 bits per heavy atom. The fraction of sp³-hybridized carbons (Fsp3) is 0.300. The number of hydrazone groups is 1. The Morgan fingerprint density at radius 3 is 2.41 bits per heavy atom. The fourth-order valence-corrected chi connectivity index (χ4v) is 4.59. The molecule has 3 rings (SSSR count). The van der Waals surface area contributed by atoms with Gasteiger partial charge >= 0.3 is 0 Å². The number of hydrogen-bond donors (Lipinski definition) is 3. The van der Waals surface area contributed by atoms with Crippen LogP contribution in [0.25, 0.3) is 0 Å². The average molecular weight is 417 g/mol. The summed E-state index contributed by atoms with van der Waals surface area (Å²) in [6, 6.07) is 10.7. The van der Waals surface area contributed by atoms with Crippen LogP contribution < -0.4 is 5.43 Å². The molecule has 1 saturated heterocycles. The zero-order valence-corrected chi connectivity index (χ0v) is 16.8. The smallest absolute Gasteiger partial charge is 0.243 e. The number of aromatic hydroxyl groups is 2. The van der Waals surface area contributed by atoms with Gasteiger partial charge in [-0.15, -0.1) is 0 Å². The van der Waals surface area contributed by atoms with Crippen molar-refractivity contribution < 1.29 is 23.4 Å². The van der Waals surface area contributed by atoms with E-state index < -0.39 is 10.0 Å². The SMILES string of the molecule is Cc1ccc(S(=O)(=O)N2CCC(C(=O)N/N=C\c3ccc(O)cc3O)CC2)cc1. The highest BCUT2D eigenvalue weighted by molar-refractivity contribution is 7.89. The van der Waals surface area contributed by atoms with E-state index in [1.807, 2.05) is 6.92 Å². The number of phenolic OH excluding ortho intramolecular Hbond substituents is 2. The average Bonchev–Trinajstić information content (AvgIpc) is 2.70. The van der Waals surface area contributed by atoms with E-state index in [2.05, 4.69) is 10.5 Å². The van der Waals surface area contributed by atoms with Gasteiger partial charge < -0.3 is 10.2 Å². The summed E-state index contributed by atoms with van der Waals surface area (Å²) in [7, 11) is -3.57. The van der Waals surface area contributed by atoms with Crippen molar-refractivity contribution >= 4 is 22.1 Å². The maximum absolute atomic E-state index is 12.7. The van der Waals surface area contributed by atoms with Crippen molar-refractivity contribution in [2.24, 2.45) is 11.0 Å². The summed E-state index contributed by atoms with van der Waals surface area (Å²) in [5, 5.41) is 22.8. The van der Waals surface area contributed by atoms with Crippen molar-refractivity contribution in [2.75, 3.05) is 13.1 Å². The van der Waals surface area contributed by atoms with Crippen LogP contribution in [-0.4, -0.2) is 48.1 Å². The first-order chi connectivity index (χ1) is 13.8. The van der Waals surface area contributed by atoms with Gasteiger partial charge in [0, 0.05) is 30.6 Å². The van der Waals surface area contributed by atoms with Crippen LogP contribution in [0, 0.1) is 12.8 Å². The van der Waals surface area contributed by atoms with Crippen LogP contribution in [0.15, 0.2) is 52.5 Å². The minimum absolute atomic E-state index is 0.0731. The number of nitrogens with zero attached hydrogens (tertiary/aromatic N) is 2. The number of piperidine rings is 1. The number of nitrogens with one attached hydrogen (secondary N) is 1. The number of aryl methyl sites for hydroxylation is 1. The summed E-state index contributed by atoms with van der Waals surface area (Å²) in [6.45, 7) is 2.42. The van der Waals surface area contributed by atoms with E-state index in [0.717, 1.165) is 5.56 Å². The third-order valence-corrected chi connectivity index (χ3v) is 6.79. The van der Waals surface area contributed by atoms with Crippen molar-refractivity contribution in [2.45, 2.75) is 24.7 Å². The first-order valence-corrected chi connectivity index (χ1v) is 10.6. The molecule has 1 fully saturated rings. The van der Waals surface area contributed by atoms with Crippen LogP contribution in [-0.2, 0) is 14.8 Å². The van der Waals surface area contributed by atoms with Gasteiger partial charge in [-0.05, 0) is 44.0 Å². The molecule has 2 aromatic carbocycles. The summed E-state index contributed by atoms with van der Waals surface area (Å²) in [5.74, 6) is -0.870. The zero-order chi connectivity index (χ0) is 21.0. The second-order valence-corrected chi connectivity index (χ2v) is 8.91. The number of rotatable bonds is 5. The lowest BCUT2D eigenvalue weighted by Crippen LogP contribution is -2.42. The third kappa shape index (κ3) is 4.93. The molecule has 0 atom stereocenters. The third-order valence-electron chi connectivity index (χ3n) is 4.88.